The molecule has 4 rings (SSSR count). The first-order valence-corrected chi connectivity index (χ1v) is 10.1. The summed E-state index contributed by atoms with van der Waals surface area (Å²) in [5.74, 6) is 3.21. The summed E-state index contributed by atoms with van der Waals surface area (Å²) in [5, 5.41) is 0. The lowest BCUT2D eigenvalue weighted by Gasteiger charge is -2.44. The average Bonchev–Trinajstić information content (AvgIpc) is 3.17. The molecule has 8 atom stereocenters. The standard InChI is InChI=1S/C11H20O3.C9H16O/c1-3-8-5-6-12-11-9(4-2)13-7-14-10(8)11;1-6-3-4-8-7(2)5-10-9(6)8/h8-11H,3-7H2,1-2H3;6-9H,3-5H2,1-2H3. The van der Waals surface area contributed by atoms with E-state index in [1.165, 1.54) is 19.3 Å². The maximum atomic E-state index is 5.77. The van der Waals surface area contributed by atoms with Gasteiger partial charge in [0.25, 0.3) is 0 Å². The van der Waals surface area contributed by atoms with Gasteiger partial charge in [-0.25, -0.2) is 0 Å². The molecule has 0 amide bonds. The highest BCUT2D eigenvalue weighted by Gasteiger charge is 2.42. The second-order valence-electron chi connectivity index (χ2n) is 8.15. The molecule has 3 saturated heterocycles. The van der Waals surface area contributed by atoms with Crippen LogP contribution in [0.1, 0.15) is 59.8 Å². The van der Waals surface area contributed by atoms with Crippen LogP contribution in [0, 0.1) is 23.7 Å². The molecule has 4 heteroatoms. The van der Waals surface area contributed by atoms with Gasteiger partial charge in [0, 0.05) is 13.2 Å². The van der Waals surface area contributed by atoms with Gasteiger partial charge in [0.2, 0.25) is 0 Å². The predicted molar refractivity (Wildman–Crippen MR) is 93.8 cm³/mol. The molecule has 4 aliphatic rings. The minimum atomic E-state index is 0.174. The van der Waals surface area contributed by atoms with E-state index in [0.29, 0.717) is 18.8 Å². The highest BCUT2D eigenvalue weighted by atomic mass is 16.7. The smallest absolute Gasteiger partial charge is 0.147 e. The molecule has 1 saturated carbocycles. The van der Waals surface area contributed by atoms with E-state index in [2.05, 4.69) is 27.7 Å². The van der Waals surface area contributed by atoms with Gasteiger partial charge in [-0.15, -0.1) is 0 Å². The van der Waals surface area contributed by atoms with E-state index in [9.17, 15) is 0 Å². The van der Waals surface area contributed by atoms with Crippen LogP contribution in [0.5, 0.6) is 0 Å². The first kappa shape index (κ1) is 18.6. The molecule has 0 N–H and O–H groups in total. The molecule has 0 spiro atoms. The van der Waals surface area contributed by atoms with Gasteiger partial charge in [-0.3, -0.25) is 0 Å². The van der Waals surface area contributed by atoms with Crippen LogP contribution in [0.4, 0.5) is 0 Å². The van der Waals surface area contributed by atoms with Crippen molar-refractivity contribution in [3.8, 4) is 0 Å². The Morgan fingerprint density at radius 2 is 1.58 bits per heavy atom. The van der Waals surface area contributed by atoms with E-state index in [1.54, 1.807) is 0 Å². The van der Waals surface area contributed by atoms with Crippen molar-refractivity contribution in [1.29, 1.82) is 0 Å². The summed E-state index contributed by atoms with van der Waals surface area (Å²) in [4.78, 5) is 0. The van der Waals surface area contributed by atoms with Crippen LogP contribution in [-0.4, -0.2) is 44.4 Å². The highest BCUT2D eigenvalue weighted by molar-refractivity contribution is 4.90. The lowest BCUT2D eigenvalue weighted by molar-refractivity contribution is -0.272. The molecule has 0 bridgehead atoms. The molecule has 140 valence electrons. The molecule has 0 radical (unpaired) electrons. The van der Waals surface area contributed by atoms with Gasteiger partial charge in [-0.05, 0) is 49.4 Å². The molecule has 0 aromatic carbocycles. The summed E-state index contributed by atoms with van der Waals surface area (Å²) in [6.07, 6.45) is 7.43. The quantitative estimate of drug-likeness (QED) is 0.761. The van der Waals surface area contributed by atoms with Crippen molar-refractivity contribution in [3.05, 3.63) is 0 Å². The topological polar surface area (TPSA) is 36.9 Å². The molecule has 3 aliphatic heterocycles. The summed E-state index contributed by atoms with van der Waals surface area (Å²) in [7, 11) is 0. The van der Waals surface area contributed by atoms with Gasteiger partial charge in [-0.2, -0.15) is 0 Å². The van der Waals surface area contributed by atoms with E-state index in [-0.39, 0.29) is 18.3 Å². The Kier molecular flexibility index (Phi) is 6.58. The third-order valence-corrected chi connectivity index (χ3v) is 6.64. The number of hydrogen-bond acceptors (Lipinski definition) is 4. The lowest BCUT2D eigenvalue weighted by atomic mass is 9.86. The fourth-order valence-corrected chi connectivity index (χ4v) is 5.01. The Labute approximate surface area is 147 Å². The van der Waals surface area contributed by atoms with Crippen LogP contribution in [0.3, 0.4) is 0 Å². The highest BCUT2D eigenvalue weighted by Crippen LogP contribution is 2.42. The Hall–Kier alpha value is -0.160. The molecular formula is C20H36O4. The molecule has 4 fully saturated rings. The summed E-state index contributed by atoms with van der Waals surface area (Å²) in [6, 6.07) is 0. The van der Waals surface area contributed by atoms with Gasteiger partial charge in [0.15, 0.2) is 0 Å². The third-order valence-electron chi connectivity index (χ3n) is 6.64. The Balaban J connectivity index is 0.000000149. The van der Waals surface area contributed by atoms with Crippen molar-refractivity contribution in [3.63, 3.8) is 0 Å². The van der Waals surface area contributed by atoms with E-state index in [4.69, 9.17) is 18.9 Å². The number of fused-ring (bicyclic) bond motifs is 2. The fraction of sp³-hybridized carbons (Fsp3) is 1.00. The summed E-state index contributed by atoms with van der Waals surface area (Å²) in [5.41, 5.74) is 0. The summed E-state index contributed by atoms with van der Waals surface area (Å²) < 4.78 is 22.7. The van der Waals surface area contributed by atoms with E-state index >= 15 is 0 Å². The largest absolute Gasteiger partial charge is 0.377 e. The molecule has 3 heterocycles. The SMILES string of the molecule is CC1COC2C(C)CCC12.CCC1CCOC2C(CC)OCOC12. The van der Waals surface area contributed by atoms with Crippen LogP contribution < -0.4 is 0 Å². The van der Waals surface area contributed by atoms with Gasteiger partial charge >= 0.3 is 0 Å². The van der Waals surface area contributed by atoms with Crippen LogP contribution in [0.2, 0.25) is 0 Å². The molecule has 0 aromatic rings. The Morgan fingerprint density at radius 1 is 0.750 bits per heavy atom. The lowest BCUT2D eigenvalue weighted by Crippen LogP contribution is -2.53. The van der Waals surface area contributed by atoms with E-state index in [1.807, 2.05) is 0 Å². The van der Waals surface area contributed by atoms with Gasteiger partial charge < -0.3 is 18.9 Å². The number of hydrogen-bond donors (Lipinski definition) is 0. The first-order chi connectivity index (χ1) is 11.7. The Bertz CT molecular complexity index is 352. The zero-order valence-corrected chi connectivity index (χ0v) is 15.9. The zero-order valence-electron chi connectivity index (χ0n) is 15.9. The fourth-order valence-electron chi connectivity index (χ4n) is 5.01. The maximum absolute atomic E-state index is 5.77. The average molecular weight is 341 g/mol. The van der Waals surface area contributed by atoms with Gasteiger partial charge in [0.1, 0.15) is 12.9 Å². The van der Waals surface area contributed by atoms with Crippen molar-refractivity contribution in [2.24, 2.45) is 23.7 Å². The Morgan fingerprint density at radius 3 is 2.29 bits per heavy atom. The van der Waals surface area contributed by atoms with E-state index in [0.717, 1.165) is 43.8 Å². The second kappa shape index (κ2) is 8.48. The molecule has 0 aromatic heterocycles. The van der Waals surface area contributed by atoms with Crippen molar-refractivity contribution >= 4 is 0 Å². The van der Waals surface area contributed by atoms with Gasteiger partial charge in [-0.1, -0.05) is 34.1 Å². The number of ether oxygens (including phenoxy) is 4. The van der Waals surface area contributed by atoms with Crippen LogP contribution >= 0.6 is 0 Å². The van der Waals surface area contributed by atoms with Crippen LogP contribution in [0.15, 0.2) is 0 Å². The first-order valence-electron chi connectivity index (χ1n) is 10.1. The molecule has 8 unspecified atom stereocenters. The van der Waals surface area contributed by atoms with Crippen molar-refractivity contribution < 1.29 is 18.9 Å². The minimum Gasteiger partial charge on any atom is -0.377 e. The normalized spacial score (nSPS) is 47.5. The minimum absolute atomic E-state index is 0.174. The summed E-state index contributed by atoms with van der Waals surface area (Å²) >= 11 is 0. The van der Waals surface area contributed by atoms with Crippen molar-refractivity contribution in [2.75, 3.05) is 20.0 Å². The zero-order chi connectivity index (χ0) is 17.1. The van der Waals surface area contributed by atoms with Crippen molar-refractivity contribution in [2.45, 2.75) is 84.2 Å². The third kappa shape index (κ3) is 3.82. The monoisotopic (exact) mass is 340 g/mol. The molecule has 24 heavy (non-hydrogen) atoms. The maximum Gasteiger partial charge on any atom is 0.147 e. The molecule has 1 aliphatic carbocycles. The summed E-state index contributed by atoms with van der Waals surface area (Å²) in [6.45, 7) is 11.3. The van der Waals surface area contributed by atoms with Crippen LogP contribution in [0.25, 0.3) is 0 Å². The second-order valence-corrected chi connectivity index (χ2v) is 8.15. The molecule has 4 nitrogen and oxygen atoms in total. The van der Waals surface area contributed by atoms with Crippen molar-refractivity contribution in [1.82, 2.24) is 0 Å². The van der Waals surface area contributed by atoms with E-state index < -0.39 is 0 Å². The van der Waals surface area contributed by atoms with Gasteiger partial charge in [0.05, 0.1) is 18.3 Å². The van der Waals surface area contributed by atoms with Crippen LogP contribution in [-0.2, 0) is 18.9 Å². The number of rotatable bonds is 2. The predicted octanol–water partition coefficient (Wildman–Crippen LogP) is 4.02. The molecular weight excluding hydrogens is 304 g/mol.